The lowest BCUT2D eigenvalue weighted by atomic mass is 9.52. The van der Waals surface area contributed by atoms with E-state index in [1.165, 1.54) is 0 Å². The number of fused-ring (bicyclic) bond motifs is 1. The van der Waals surface area contributed by atoms with Crippen molar-refractivity contribution in [1.29, 1.82) is 0 Å². The zero-order valence-electron chi connectivity index (χ0n) is 20.7. The summed E-state index contributed by atoms with van der Waals surface area (Å²) in [6.07, 6.45) is 0. The van der Waals surface area contributed by atoms with E-state index in [1.54, 1.807) is 26.4 Å². The Balaban J connectivity index is 1.54. The Morgan fingerprint density at radius 2 is 1.24 bits per heavy atom. The number of benzene rings is 4. The predicted octanol–water partition coefficient (Wildman–Crippen LogP) is 5.80. The molecule has 0 amide bonds. The second-order valence-electron chi connectivity index (χ2n) is 9.17. The van der Waals surface area contributed by atoms with Crippen LogP contribution in [0.15, 0.2) is 91.0 Å². The third kappa shape index (κ3) is 4.40. The van der Waals surface area contributed by atoms with Crippen LogP contribution in [-0.2, 0) is 20.9 Å². The van der Waals surface area contributed by atoms with Gasteiger partial charge in [0, 0.05) is 11.8 Å². The fourth-order valence-corrected chi connectivity index (χ4v) is 5.67. The minimum absolute atomic E-state index is 0.0890. The predicted molar refractivity (Wildman–Crippen MR) is 140 cm³/mol. The van der Waals surface area contributed by atoms with Crippen LogP contribution in [0.5, 0.6) is 11.5 Å². The maximum atomic E-state index is 13.8. The second kappa shape index (κ2) is 10.3. The number of ether oxygens (including phenoxy) is 3. The maximum Gasteiger partial charge on any atom is 0.310 e. The number of carboxylic acid groups (broad SMARTS) is 1. The highest BCUT2D eigenvalue weighted by Crippen LogP contribution is 2.60. The van der Waals surface area contributed by atoms with Crippen molar-refractivity contribution >= 4 is 22.7 Å². The van der Waals surface area contributed by atoms with Gasteiger partial charge in [0.25, 0.3) is 0 Å². The summed E-state index contributed by atoms with van der Waals surface area (Å²) in [5.41, 5.74) is 2.24. The van der Waals surface area contributed by atoms with Crippen LogP contribution in [0.3, 0.4) is 0 Å². The molecule has 1 aliphatic rings. The van der Waals surface area contributed by atoms with Crippen molar-refractivity contribution < 1.29 is 28.9 Å². The molecule has 5 rings (SSSR count). The molecule has 188 valence electrons. The van der Waals surface area contributed by atoms with Gasteiger partial charge in [-0.2, -0.15) is 0 Å². The van der Waals surface area contributed by atoms with Gasteiger partial charge in [-0.25, -0.2) is 0 Å². The van der Waals surface area contributed by atoms with E-state index in [1.807, 2.05) is 78.9 Å². The molecule has 0 spiro atoms. The molecule has 0 saturated heterocycles. The van der Waals surface area contributed by atoms with E-state index < -0.39 is 35.6 Å². The van der Waals surface area contributed by atoms with Gasteiger partial charge in [0.15, 0.2) is 0 Å². The third-order valence-electron chi connectivity index (χ3n) is 7.35. The molecular weight excluding hydrogens is 468 g/mol. The Morgan fingerprint density at radius 1 is 0.703 bits per heavy atom. The molecule has 4 aromatic carbocycles. The van der Waals surface area contributed by atoms with Gasteiger partial charge < -0.3 is 19.3 Å². The van der Waals surface area contributed by atoms with Crippen LogP contribution in [-0.4, -0.2) is 31.3 Å². The first kappa shape index (κ1) is 24.4. The number of carbonyl (C=O) groups is 2. The van der Waals surface area contributed by atoms with E-state index in [9.17, 15) is 14.7 Å². The molecule has 4 aromatic rings. The zero-order valence-corrected chi connectivity index (χ0v) is 20.7. The average Bonchev–Trinajstić information content (AvgIpc) is 2.91. The van der Waals surface area contributed by atoms with E-state index in [4.69, 9.17) is 14.2 Å². The lowest BCUT2D eigenvalue weighted by molar-refractivity contribution is -0.165. The van der Waals surface area contributed by atoms with Crippen molar-refractivity contribution in [2.75, 3.05) is 14.2 Å². The topological polar surface area (TPSA) is 82.1 Å². The summed E-state index contributed by atoms with van der Waals surface area (Å²) in [7, 11) is 3.08. The summed E-state index contributed by atoms with van der Waals surface area (Å²) in [4.78, 5) is 26.4. The quantitative estimate of drug-likeness (QED) is 0.311. The minimum atomic E-state index is -0.982. The van der Waals surface area contributed by atoms with Gasteiger partial charge in [-0.15, -0.1) is 0 Å². The number of aliphatic carboxylic acids is 1. The van der Waals surface area contributed by atoms with Gasteiger partial charge in [0.1, 0.15) is 18.1 Å². The molecule has 0 radical (unpaired) electrons. The average molecular weight is 497 g/mol. The van der Waals surface area contributed by atoms with Crippen molar-refractivity contribution in [1.82, 2.24) is 0 Å². The van der Waals surface area contributed by atoms with Crippen molar-refractivity contribution in [3.63, 3.8) is 0 Å². The number of esters is 1. The monoisotopic (exact) mass is 496 g/mol. The Kier molecular flexibility index (Phi) is 6.82. The van der Waals surface area contributed by atoms with E-state index in [0.717, 1.165) is 16.3 Å². The Morgan fingerprint density at radius 3 is 1.84 bits per heavy atom. The molecule has 0 aromatic heterocycles. The van der Waals surface area contributed by atoms with E-state index in [0.29, 0.717) is 22.6 Å². The van der Waals surface area contributed by atoms with Crippen LogP contribution in [0.2, 0.25) is 0 Å². The summed E-state index contributed by atoms with van der Waals surface area (Å²) >= 11 is 0. The van der Waals surface area contributed by atoms with Crippen LogP contribution >= 0.6 is 0 Å². The van der Waals surface area contributed by atoms with Crippen LogP contribution in [0.1, 0.15) is 28.5 Å². The first-order valence-corrected chi connectivity index (χ1v) is 12.2. The van der Waals surface area contributed by atoms with Gasteiger partial charge >= 0.3 is 11.9 Å². The molecule has 1 N–H and O–H groups in total. The highest BCUT2D eigenvalue weighted by atomic mass is 16.5. The van der Waals surface area contributed by atoms with Crippen molar-refractivity contribution in [2.24, 2.45) is 11.8 Å². The summed E-state index contributed by atoms with van der Waals surface area (Å²) in [5, 5.41) is 12.4. The molecule has 0 heterocycles. The number of methoxy groups -OCH3 is 2. The molecule has 0 bridgehead atoms. The first-order chi connectivity index (χ1) is 18.0. The van der Waals surface area contributed by atoms with Crippen LogP contribution in [0.25, 0.3) is 10.8 Å². The maximum absolute atomic E-state index is 13.8. The standard InChI is InChI=1S/C31H28O6/c1-35-24-16-7-5-14-22(24)26-28(30(32)33)27(23-15-6-8-17-25(23)36-2)29(26)31(34)37-18-20-12-9-11-19-10-3-4-13-21(19)20/h3-17,26-29H,18H2,1-2H3,(H,32,33)/t26-,27?,28?,29+/m0/s1. The second-order valence-corrected chi connectivity index (χ2v) is 9.17. The fraction of sp³-hybridized carbons (Fsp3) is 0.226. The number of hydrogen-bond donors (Lipinski definition) is 1. The number of carboxylic acids is 1. The Hall–Kier alpha value is -4.32. The number of carbonyl (C=O) groups excluding carboxylic acids is 1. The minimum Gasteiger partial charge on any atom is -0.496 e. The lowest BCUT2D eigenvalue weighted by Gasteiger charge is -2.49. The van der Waals surface area contributed by atoms with Crippen molar-refractivity contribution in [3.05, 3.63) is 108 Å². The summed E-state index contributed by atoms with van der Waals surface area (Å²) in [6, 6.07) is 28.3. The molecule has 1 saturated carbocycles. The molecule has 37 heavy (non-hydrogen) atoms. The zero-order chi connectivity index (χ0) is 25.9. The van der Waals surface area contributed by atoms with Gasteiger partial charge in [0.05, 0.1) is 26.1 Å². The summed E-state index contributed by atoms with van der Waals surface area (Å²) in [5.74, 6) is -3.17. The summed E-state index contributed by atoms with van der Waals surface area (Å²) in [6.45, 7) is 0.0890. The molecule has 1 aliphatic carbocycles. The van der Waals surface area contributed by atoms with Crippen molar-refractivity contribution in [3.8, 4) is 11.5 Å². The van der Waals surface area contributed by atoms with E-state index >= 15 is 0 Å². The Bertz CT molecular complexity index is 1380. The highest BCUT2D eigenvalue weighted by Gasteiger charge is 2.60. The van der Waals surface area contributed by atoms with Gasteiger partial charge in [0.2, 0.25) is 0 Å². The number of para-hydroxylation sites is 2. The van der Waals surface area contributed by atoms with Gasteiger partial charge in [-0.3, -0.25) is 9.59 Å². The lowest BCUT2D eigenvalue weighted by Crippen LogP contribution is -2.51. The SMILES string of the molecule is COc1ccccc1C1C(C(=O)O)[C@H](c2ccccc2OC)[C@H]1C(=O)OCc1cccc2ccccc12. The largest absolute Gasteiger partial charge is 0.496 e. The van der Waals surface area contributed by atoms with E-state index in [2.05, 4.69) is 0 Å². The third-order valence-corrected chi connectivity index (χ3v) is 7.35. The normalized spacial score (nSPS) is 20.6. The van der Waals surface area contributed by atoms with Crippen LogP contribution in [0.4, 0.5) is 0 Å². The van der Waals surface area contributed by atoms with Gasteiger partial charge in [-0.1, -0.05) is 78.9 Å². The molecule has 6 nitrogen and oxygen atoms in total. The highest BCUT2D eigenvalue weighted by molar-refractivity contribution is 5.87. The molecule has 6 heteroatoms. The molecule has 0 aliphatic heterocycles. The fourth-order valence-electron chi connectivity index (χ4n) is 5.67. The molecule has 4 atom stereocenters. The van der Waals surface area contributed by atoms with E-state index in [-0.39, 0.29) is 6.61 Å². The smallest absolute Gasteiger partial charge is 0.310 e. The number of rotatable bonds is 8. The number of hydrogen-bond acceptors (Lipinski definition) is 5. The molecule has 1 fully saturated rings. The Labute approximate surface area is 215 Å². The van der Waals surface area contributed by atoms with Crippen molar-refractivity contribution in [2.45, 2.75) is 18.4 Å². The van der Waals surface area contributed by atoms with Crippen LogP contribution in [0, 0.1) is 11.8 Å². The summed E-state index contributed by atoms with van der Waals surface area (Å²) < 4.78 is 17.0. The van der Waals surface area contributed by atoms with Gasteiger partial charge in [-0.05, 0) is 39.6 Å². The molecular formula is C31H28O6. The van der Waals surface area contributed by atoms with Crippen LogP contribution < -0.4 is 9.47 Å². The first-order valence-electron chi connectivity index (χ1n) is 12.2. The molecule has 2 unspecified atom stereocenters.